The first-order valence-corrected chi connectivity index (χ1v) is 7.05. The third-order valence-corrected chi connectivity index (χ3v) is 3.62. The van der Waals surface area contributed by atoms with Gasteiger partial charge in [0.15, 0.2) is 0 Å². The standard InChI is InChI=1S/C17H12BrNO/c1-20-17-7-4-12(11-19-17)2-3-13-8-14-5-6-16(18)10-15(14)9-13/h4-8,10-11H,9H2,1H3. The lowest BCUT2D eigenvalue weighted by Crippen LogP contribution is -1.87. The van der Waals surface area contributed by atoms with Gasteiger partial charge in [0.05, 0.1) is 7.11 Å². The van der Waals surface area contributed by atoms with Crippen LogP contribution in [0.1, 0.15) is 16.7 Å². The minimum Gasteiger partial charge on any atom is -0.481 e. The molecule has 0 fully saturated rings. The summed E-state index contributed by atoms with van der Waals surface area (Å²) in [6, 6.07) is 10.1. The molecule has 1 aromatic carbocycles. The molecule has 98 valence electrons. The van der Waals surface area contributed by atoms with Crippen LogP contribution >= 0.6 is 15.9 Å². The number of pyridine rings is 1. The Morgan fingerprint density at radius 1 is 1.20 bits per heavy atom. The van der Waals surface area contributed by atoms with Crippen LogP contribution in [0.25, 0.3) is 6.08 Å². The zero-order valence-electron chi connectivity index (χ0n) is 11.0. The molecule has 0 atom stereocenters. The summed E-state index contributed by atoms with van der Waals surface area (Å²) >= 11 is 3.49. The molecule has 0 unspecified atom stereocenters. The summed E-state index contributed by atoms with van der Waals surface area (Å²) in [7, 11) is 1.60. The van der Waals surface area contributed by atoms with Crippen LogP contribution in [0.4, 0.5) is 0 Å². The van der Waals surface area contributed by atoms with E-state index >= 15 is 0 Å². The van der Waals surface area contributed by atoms with Crippen LogP contribution in [0.2, 0.25) is 0 Å². The molecule has 1 aromatic heterocycles. The Hall–Kier alpha value is -2.05. The van der Waals surface area contributed by atoms with Gasteiger partial charge in [0.1, 0.15) is 0 Å². The maximum absolute atomic E-state index is 5.03. The molecule has 0 N–H and O–H groups in total. The number of methoxy groups -OCH3 is 1. The van der Waals surface area contributed by atoms with E-state index in [1.165, 1.54) is 11.1 Å². The van der Waals surface area contributed by atoms with Crippen molar-refractivity contribution < 1.29 is 4.74 Å². The molecule has 1 heterocycles. The number of benzene rings is 1. The van der Waals surface area contributed by atoms with Crippen molar-refractivity contribution in [3.05, 3.63) is 63.3 Å². The van der Waals surface area contributed by atoms with E-state index in [1.54, 1.807) is 13.3 Å². The summed E-state index contributed by atoms with van der Waals surface area (Å²) in [6.07, 6.45) is 4.77. The molecule has 2 nitrogen and oxygen atoms in total. The lowest BCUT2D eigenvalue weighted by Gasteiger charge is -1.97. The highest BCUT2D eigenvalue weighted by Crippen LogP contribution is 2.27. The number of allylic oxidation sites excluding steroid dienone is 1. The molecule has 0 radical (unpaired) electrons. The Morgan fingerprint density at radius 2 is 2.10 bits per heavy atom. The number of halogens is 1. The quantitative estimate of drug-likeness (QED) is 0.743. The lowest BCUT2D eigenvalue weighted by molar-refractivity contribution is 0.398. The van der Waals surface area contributed by atoms with Crippen LogP contribution in [0.3, 0.4) is 0 Å². The van der Waals surface area contributed by atoms with Crippen molar-refractivity contribution >= 4 is 22.0 Å². The highest BCUT2D eigenvalue weighted by molar-refractivity contribution is 9.10. The monoisotopic (exact) mass is 325 g/mol. The van der Waals surface area contributed by atoms with Gasteiger partial charge >= 0.3 is 0 Å². The molecule has 0 spiro atoms. The zero-order chi connectivity index (χ0) is 13.9. The first-order valence-electron chi connectivity index (χ1n) is 6.26. The lowest BCUT2D eigenvalue weighted by atomic mass is 10.1. The van der Waals surface area contributed by atoms with Gasteiger partial charge in [0.2, 0.25) is 5.88 Å². The van der Waals surface area contributed by atoms with E-state index in [1.807, 2.05) is 12.1 Å². The van der Waals surface area contributed by atoms with Gasteiger partial charge in [0.25, 0.3) is 0 Å². The van der Waals surface area contributed by atoms with E-state index in [0.717, 1.165) is 22.0 Å². The van der Waals surface area contributed by atoms with E-state index in [2.05, 4.69) is 57.0 Å². The molecule has 0 bridgehead atoms. The maximum Gasteiger partial charge on any atom is 0.212 e. The summed E-state index contributed by atoms with van der Waals surface area (Å²) in [6.45, 7) is 0. The van der Waals surface area contributed by atoms with Crippen molar-refractivity contribution in [1.29, 1.82) is 0 Å². The number of nitrogens with zero attached hydrogens (tertiary/aromatic N) is 1. The van der Waals surface area contributed by atoms with Crippen LogP contribution in [0, 0.1) is 11.8 Å². The van der Waals surface area contributed by atoms with Crippen molar-refractivity contribution in [2.24, 2.45) is 0 Å². The largest absolute Gasteiger partial charge is 0.481 e. The predicted molar refractivity (Wildman–Crippen MR) is 83.5 cm³/mol. The summed E-state index contributed by atoms with van der Waals surface area (Å²) in [5.41, 5.74) is 4.60. The smallest absolute Gasteiger partial charge is 0.212 e. The van der Waals surface area contributed by atoms with Crippen LogP contribution in [0.15, 0.2) is 46.6 Å². The summed E-state index contributed by atoms with van der Waals surface area (Å²) in [4.78, 5) is 4.14. The summed E-state index contributed by atoms with van der Waals surface area (Å²) in [5.74, 6) is 6.96. The van der Waals surface area contributed by atoms with Gasteiger partial charge in [-0.1, -0.05) is 33.8 Å². The average Bonchev–Trinajstić information content (AvgIpc) is 2.87. The Bertz CT molecular complexity index is 736. The van der Waals surface area contributed by atoms with E-state index < -0.39 is 0 Å². The maximum atomic E-state index is 5.03. The van der Waals surface area contributed by atoms with Gasteiger partial charge in [0, 0.05) is 34.3 Å². The van der Waals surface area contributed by atoms with E-state index in [4.69, 9.17) is 4.74 Å². The molecule has 3 heteroatoms. The highest BCUT2D eigenvalue weighted by atomic mass is 79.9. The number of ether oxygens (including phenoxy) is 1. The Morgan fingerprint density at radius 3 is 2.85 bits per heavy atom. The van der Waals surface area contributed by atoms with Gasteiger partial charge in [-0.2, -0.15) is 0 Å². The second kappa shape index (κ2) is 5.52. The number of rotatable bonds is 1. The Balaban J connectivity index is 1.79. The minimum atomic E-state index is 0.605. The number of hydrogen-bond acceptors (Lipinski definition) is 2. The summed E-state index contributed by atoms with van der Waals surface area (Å²) in [5, 5.41) is 0. The van der Waals surface area contributed by atoms with Crippen molar-refractivity contribution in [3.8, 4) is 17.7 Å². The molecule has 0 amide bonds. The molecule has 2 aromatic rings. The molecule has 1 aliphatic carbocycles. The van der Waals surface area contributed by atoms with Crippen molar-refractivity contribution in [3.63, 3.8) is 0 Å². The van der Waals surface area contributed by atoms with Gasteiger partial charge < -0.3 is 4.74 Å². The third kappa shape index (κ3) is 2.76. The van der Waals surface area contributed by atoms with Crippen molar-refractivity contribution in [2.75, 3.05) is 7.11 Å². The van der Waals surface area contributed by atoms with Crippen LogP contribution in [0.5, 0.6) is 5.88 Å². The minimum absolute atomic E-state index is 0.605. The fraction of sp³-hybridized carbons (Fsp3) is 0.118. The molecule has 0 aliphatic heterocycles. The van der Waals surface area contributed by atoms with Crippen LogP contribution < -0.4 is 4.74 Å². The van der Waals surface area contributed by atoms with Crippen LogP contribution in [-0.2, 0) is 6.42 Å². The predicted octanol–water partition coefficient (Wildman–Crippen LogP) is 3.84. The van der Waals surface area contributed by atoms with Crippen LogP contribution in [-0.4, -0.2) is 12.1 Å². The second-order valence-corrected chi connectivity index (χ2v) is 5.44. The first-order chi connectivity index (χ1) is 9.74. The van der Waals surface area contributed by atoms with Gasteiger partial charge in [-0.25, -0.2) is 4.98 Å². The van der Waals surface area contributed by atoms with E-state index in [9.17, 15) is 0 Å². The highest BCUT2D eigenvalue weighted by Gasteiger charge is 2.10. The summed E-state index contributed by atoms with van der Waals surface area (Å²) < 4.78 is 6.13. The molecule has 0 saturated carbocycles. The topological polar surface area (TPSA) is 22.1 Å². The third-order valence-electron chi connectivity index (χ3n) is 3.13. The molecular formula is C17H12BrNO. The number of aromatic nitrogens is 1. The Labute approximate surface area is 126 Å². The van der Waals surface area contributed by atoms with E-state index in [-0.39, 0.29) is 0 Å². The molecule has 3 rings (SSSR count). The number of fused-ring (bicyclic) bond motifs is 1. The van der Waals surface area contributed by atoms with Crippen molar-refractivity contribution in [1.82, 2.24) is 4.98 Å². The van der Waals surface area contributed by atoms with Gasteiger partial charge in [-0.05, 0) is 35.4 Å². The normalized spacial score (nSPS) is 12.2. The Kier molecular flexibility index (Phi) is 3.58. The van der Waals surface area contributed by atoms with Crippen molar-refractivity contribution in [2.45, 2.75) is 6.42 Å². The zero-order valence-corrected chi connectivity index (χ0v) is 12.6. The van der Waals surface area contributed by atoms with Gasteiger partial charge in [-0.15, -0.1) is 0 Å². The molecule has 20 heavy (non-hydrogen) atoms. The van der Waals surface area contributed by atoms with Gasteiger partial charge in [-0.3, -0.25) is 0 Å². The molecular weight excluding hydrogens is 314 g/mol. The van der Waals surface area contributed by atoms with E-state index in [0.29, 0.717) is 5.88 Å². The SMILES string of the molecule is COc1ccc(C#CC2=Cc3ccc(Br)cc3C2)cn1. The fourth-order valence-electron chi connectivity index (χ4n) is 2.12. The first kappa shape index (κ1) is 13.0. The fourth-order valence-corrected chi connectivity index (χ4v) is 2.53. The number of hydrogen-bond donors (Lipinski definition) is 0. The molecule has 0 saturated heterocycles. The molecule has 1 aliphatic rings. The average molecular weight is 326 g/mol. The second-order valence-electron chi connectivity index (χ2n) is 4.53.